The summed E-state index contributed by atoms with van der Waals surface area (Å²) in [6, 6.07) is 0.498. The van der Waals surface area contributed by atoms with Gasteiger partial charge in [0.25, 0.3) is 0 Å². The van der Waals surface area contributed by atoms with E-state index in [4.69, 9.17) is 4.74 Å². The van der Waals surface area contributed by atoms with E-state index in [1.165, 1.54) is 12.8 Å². The van der Waals surface area contributed by atoms with Crippen molar-refractivity contribution < 1.29 is 9.53 Å². The van der Waals surface area contributed by atoms with Crippen molar-refractivity contribution in [2.24, 2.45) is 0 Å². The van der Waals surface area contributed by atoms with Crippen molar-refractivity contribution in [3.05, 3.63) is 18.0 Å². The summed E-state index contributed by atoms with van der Waals surface area (Å²) in [6.45, 7) is 6.70. The van der Waals surface area contributed by atoms with E-state index in [-0.39, 0.29) is 24.1 Å². The largest absolute Gasteiger partial charge is 0.374 e. The number of amides is 1. The van der Waals surface area contributed by atoms with Crippen LogP contribution in [0.5, 0.6) is 0 Å². The van der Waals surface area contributed by atoms with Crippen LogP contribution >= 0.6 is 0 Å². The van der Waals surface area contributed by atoms with E-state index in [1.807, 2.05) is 28.9 Å². The first-order chi connectivity index (χ1) is 11.1. The molecule has 1 saturated carbocycles. The summed E-state index contributed by atoms with van der Waals surface area (Å²) in [5, 5.41) is 7.63. The molecule has 6 heteroatoms. The van der Waals surface area contributed by atoms with Gasteiger partial charge >= 0.3 is 0 Å². The Kier molecular flexibility index (Phi) is 5.33. The van der Waals surface area contributed by atoms with Crippen LogP contribution in [0.25, 0.3) is 0 Å². The Morgan fingerprint density at radius 2 is 2.30 bits per heavy atom. The smallest absolute Gasteiger partial charge is 0.236 e. The van der Waals surface area contributed by atoms with E-state index in [0.717, 1.165) is 31.5 Å². The molecule has 1 aliphatic heterocycles. The summed E-state index contributed by atoms with van der Waals surface area (Å²) >= 11 is 0. The molecule has 1 N–H and O–H groups in total. The first-order valence-electron chi connectivity index (χ1n) is 8.77. The highest BCUT2D eigenvalue weighted by atomic mass is 16.5. The highest BCUT2D eigenvalue weighted by molar-refractivity contribution is 5.78. The van der Waals surface area contributed by atoms with Crippen LogP contribution in [0, 0.1) is 6.92 Å². The Hall–Kier alpha value is -1.40. The molecule has 0 aromatic carbocycles. The minimum absolute atomic E-state index is 0.202. The van der Waals surface area contributed by atoms with Crippen LogP contribution in [0.4, 0.5) is 0 Å². The fraction of sp³-hybridized carbons (Fsp3) is 0.765. The summed E-state index contributed by atoms with van der Waals surface area (Å²) in [4.78, 5) is 14.6. The second-order valence-electron chi connectivity index (χ2n) is 6.87. The molecule has 0 spiro atoms. The standard InChI is InChI=1S/C17H28N4O2/c1-13-9-19-20(11-13)12-14(2)18-10-17(22)21-7-8-23-16-6-4-3-5-15(16)21/h9,11,14-16,18H,3-8,10,12H2,1-2H3/t14-,15-,16+/m0/s1. The van der Waals surface area contributed by atoms with Crippen molar-refractivity contribution in [2.75, 3.05) is 19.7 Å². The molecule has 1 aromatic rings. The molecular weight excluding hydrogens is 292 g/mol. The average Bonchev–Trinajstić information content (AvgIpc) is 2.97. The van der Waals surface area contributed by atoms with Gasteiger partial charge in [-0.05, 0) is 32.3 Å². The van der Waals surface area contributed by atoms with Gasteiger partial charge in [0, 0.05) is 18.8 Å². The van der Waals surface area contributed by atoms with Gasteiger partial charge in [-0.1, -0.05) is 12.8 Å². The van der Waals surface area contributed by atoms with Crippen molar-refractivity contribution in [1.82, 2.24) is 20.0 Å². The van der Waals surface area contributed by atoms with Crippen LogP contribution in [0.3, 0.4) is 0 Å². The van der Waals surface area contributed by atoms with Crippen LogP contribution in [0.15, 0.2) is 12.4 Å². The van der Waals surface area contributed by atoms with E-state index >= 15 is 0 Å². The Balaban J connectivity index is 1.48. The van der Waals surface area contributed by atoms with Gasteiger partial charge in [0.1, 0.15) is 0 Å². The van der Waals surface area contributed by atoms with E-state index in [0.29, 0.717) is 13.2 Å². The molecule has 1 amide bonds. The number of aromatic nitrogens is 2. The molecule has 3 rings (SSSR count). The third-order valence-corrected chi connectivity index (χ3v) is 4.88. The lowest BCUT2D eigenvalue weighted by atomic mass is 9.90. The maximum Gasteiger partial charge on any atom is 0.236 e. The maximum absolute atomic E-state index is 12.6. The number of hydrogen-bond acceptors (Lipinski definition) is 4. The van der Waals surface area contributed by atoms with Gasteiger partial charge in [-0.15, -0.1) is 0 Å². The zero-order valence-electron chi connectivity index (χ0n) is 14.2. The fourth-order valence-electron chi connectivity index (χ4n) is 3.68. The van der Waals surface area contributed by atoms with Crippen molar-refractivity contribution >= 4 is 5.91 Å². The van der Waals surface area contributed by atoms with Gasteiger partial charge in [0.2, 0.25) is 5.91 Å². The highest BCUT2D eigenvalue weighted by Gasteiger charge is 2.36. The molecule has 3 atom stereocenters. The Bertz CT molecular complexity index is 528. The molecule has 0 bridgehead atoms. The summed E-state index contributed by atoms with van der Waals surface area (Å²) < 4.78 is 7.76. The number of carbonyl (C=O) groups is 1. The molecule has 2 aliphatic rings. The van der Waals surface area contributed by atoms with Crippen molar-refractivity contribution in [1.29, 1.82) is 0 Å². The maximum atomic E-state index is 12.6. The Morgan fingerprint density at radius 1 is 1.48 bits per heavy atom. The third kappa shape index (κ3) is 4.12. The lowest BCUT2D eigenvalue weighted by Crippen LogP contribution is -2.57. The Labute approximate surface area is 138 Å². The van der Waals surface area contributed by atoms with Crippen molar-refractivity contribution in [3.8, 4) is 0 Å². The number of rotatable bonds is 5. The van der Waals surface area contributed by atoms with E-state index in [9.17, 15) is 4.79 Å². The lowest BCUT2D eigenvalue weighted by Gasteiger charge is -2.44. The van der Waals surface area contributed by atoms with Gasteiger partial charge in [-0.2, -0.15) is 5.10 Å². The summed E-state index contributed by atoms with van der Waals surface area (Å²) in [5.41, 5.74) is 1.16. The molecule has 2 heterocycles. The second kappa shape index (κ2) is 7.45. The predicted octanol–water partition coefficient (Wildman–Crippen LogP) is 1.34. The molecular formula is C17H28N4O2. The topological polar surface area (TPSA) is 59.4 Å². The van der Waals surface area contributed by atoms with Gasteiger partial charge < -0.3 is 15.0 Å². The second-order valence-corrected chi connectivity index (χ2v) is 6.87. The molecule has 0 radical (unpaired) electrons. The predicted molar refractivity (Wildman–Crippen MR) is 88.1 cm³/mol. The molecule has 23 heavy (non-hydrogen) atoms. The SMILES string of the molecule is Cc1cnn(C[C@H](C)NCC(=O)N2CCO[C@@H]3CCCC[C@@H]32)c1. The normalized spacial score (nSPS) is 25.9. The number of ether oxygens (including phenoxy) is 1. The van der Waals surface area contributed by atoms with E-state index in [1.54, 1.807) is 0 Å². The average molecular weight is 320 g/mol. The number of nitrogens with one attached hydrogen (secondary N) is 1. The molecule has 0 unspecified atom stereocenters. The molecule has 2 fully saturated rings. The number of carbonyl (C=O) groups excluding carboxylic acids is 1. The highest BCUT2D eigenvalue weighted by Crippen LogP contribution is 2.28. The van der Waals surface area contributed by atoms with Gasteiger partial charge in [0.15, 0.2) is 0 Å². The van der Waals surface area contributed by atoms with Crippen LogP contribution in [-0.2, 0) is 16.1 Å². The minimum Gasteiger partial charge on any atom is -0.374 e. The number of nitrogens with zero attached hydrogens (tertiary/aromatic N) is 3. The lowest BCUT2D eigenvalue weighted by molar-refractivity contribution is -0.148. The van der Waals surface area contributed by atoms with Gasteiger partial charge in [-0.25, -0.2) is 0 Å². The minimum atomic E-state index is 0.202. The quantitative estimate of drug-likeness (QED) is 0.889. The summed E-state index contributed by atoms with van der Waals surface area (Å²) in [6.07, 6.45) is 8.74. The van der Waals surface area contributed by atoms with Gasteiger partial charge in [-0.3, -0.25) is 9.48 Å². The molecule has 1 saturated heterocycles. The van der Waals surface area contributed by atoms with E-state index < -0.39 is 0 Å². The van der Waals surface area contributed by atoms with E-state index in [2.05, 4.69) is 17.3 Å². The Morgan fingerprint density at radius 3 is 3.09 bits per heavy atom. The first-order valence-corrected chi connectivity index (χ1v) is 8.77. The van der Waals surface area contributed by atoms with Crippen LogP contribution < -0.4 is 5.32 Å². The first kappa shape index (κ1) is 16.5. The van der Waals surface area contributed by atoms with Crippen molar-refractivity contribution in [3.63, 3.8) is 0 Å². The summed E-state index contributed by atoms with van der Waals surface area (Å²) in [5.74, 6) is 0.202. The number of hydrogen-bond donors (Lipinski definition) is 1. The zero-order valence-corrected chi connectivity index (χ0v) is 14.2. The van der Waals surface area contributed by atoms with Gasteiger partial charge in [0.05, 0.1) is 38.0 Å². The van der Waals surface area contributed by atoms with Crippen molar-refractivity contribution in [2.45, 2.75) is 64.3 Å². The van der Waals surface area contributed by atoms with Crippen LogP contribution in [0.1, 0.15) is 38.2 Å². The molecule has 128 valence electrons. The zero-order chi connectivity index (χ0) is 16.2. The fourth-order valence-corrected chi connectivity index (χ4v) is 3.68. The van der Waals surface area contributed by atoms with Crippen LogP contribution in [-0.4, -0.2) is 58.5 Å². The molecule has 1 aliphatic carbocycles. The molecule has 6 nitrogen and oxygen atoms in total. The summed E-state index contributed by atoms with van der Waals surface area (Å²) in [7, 11) is 0. The molecule has 1 aromatic heterocycles. The monoisotopic (exact) mass is 320 g/mol. The number of fused-ring (bicyclic) bond motifs is 1. The third-order valence-electron chi connectivity index (χ3n) is 4.88. The number of morpholine rings is 1. The number of aryl methyl sites for hydroxylation is 1. The van der Waals surface area contributed by atoms with Crippen LogP contribution in [0.2, 0.25) is 0 Å².